The minimum Gasteiger partial charge on any atom is -0.322 e. The van der Waals surface area contributed by atoms with E-state index in [4.69, 9.17) is 0 Å². The fourth-order valence-electron chi connectivity index (χ4n) is 3.33. The van der Waals surface area contributed by atoms with E-state index in [1.165, 1.54) is 36.4 Å². The van der Waals surface area contributed by atoms with Crippen molar-refractivity contribution in [2.45, 2.75) is 32.2 Å². The second-order valence-electron chi connectivity index (χ2n) is 6.68. The summed E-state index contributed by atoms with van der Waals surface area (Å²) in [5.74, 6) is -0.412. The summed E-state index contributed by atoms with van der Waals surface area (Å²) in [7, 11) is 0. The lowest BCUT2D eigenvalue weighted by molar-refractivity contribution is 0.102. The summed E-state index contributed by atoms with van der Waals surface area (Å²) >= 11 is 3.22. The molecule has 1 N–H and O–H groups in total. The number of halogens is 3. The minimum atomic E-state index is -0.634. The van der Waals surface area contributed by atoms with Crippen molar-refractivity contribution in [1.29, 1.82) is 0 Å². The number of carbonyl (C=O) groups is 1. The molecular formula is C20H17BrF2N4O. The lowest BCUT2D eigenvalue weighted by Gasteiger charge is -2.11. The molecule has 0 atom stereocenters. The Morgan fingerprint density at radius 3 is 2.71 bits per heavy atom. The number of carbonyl (C=O) groups excluding carboxylic acids is 1. The molecule has 1 aromatic heterocycles. The molecule has 0 aliphatic carbocycles. The van der Waals surface area contributed by atoms with Crippen LogP contribution >= 0.6 is 15.9 Å². The molecule has 0 unspecified atom stereocenters. The van der Waals surface area contributed by atoms with Gasteiger partial charge in [0.15, 0.2) is 5.82 Å². The fraction of sp³-hybridized carbons (Fsp3) is 0.250. The van der Waals surface area contributed by atoms with Crippen LogP contribution in [-0.2, 0) is 13.0 Å². The lowest BCUT2D eigenvalue weighted by atomic mass is 10.1. The number of aryl methyl sites for hydroxylation is 1. The molecule has 2 heterocycles. The van der Waals surface area contributed by atoms with E-state index in [0.717, 1.165) is 38.1 Å². The molecule has 8 heteroatoms. The first-order valence-electron chi connectivity index (χ1n) is 9.01. The maximum Gasteiger partial charge on any atom is 0.258 e. The Hall–Kier alpha value is -2.61. The number of anilines is 1. The van der Waals surface area contributed by atoms with Gasteiger partial charge in [0.2, 0.25) is 0 Å². The van der Waals surface area contributed by atoms with Crippen LogP contribution in [0, 0.1) is 11.6 Å². The summed E-state index contributed by atoms with van der Waals surface area (Å²) in [6.45, 7) is 0.733. The smallest absolute Gasteiger partial charge is 0.258 e. The third-order valence-corrected chi connectivity index (χ3v) is 5.24. The Morgan fingerprint density at radius 2 is 1.86 bits per heavy atom. The van der Waals surface area contributed by atoms with Gasteiger partial charge in [0.25, 0.3) is 5.91 Å². The Balaban J connectivity index is 1.66. The molecular weight excluding hydrogens is 430 g/mol. The van der Waals surface area contributed by atoms with Crippen molar-refractivity contribution in [3.63, 3.8) is 0 Å². The van der Waals surface area contributed by atoms with Crippen LogP contribution in [0.1, 0.15) is 35.4 Å². The number of nitrogens with zero attached hydrogens (tertiary/aromatic N) is 3. The van der Waals surface area contributed by atoms with E-state index in [1.807, 2.05) is 4.57 Å². The Labute approximate surface area is 168 Å². The summed E-state index contributed by atoms with van der Waals surface area (Å²) in [5, 5.41) is 11.0. The number of fused-ring (bicyclic) bond motifs is 1. The Bertz CT molecular complexity index is 1050. The van der Waals surface area contributed by atoms with Crippen molar-refractivity contribution in [1.82, 2.24) is 14.8 Å². The van der Waals surface area contributed by atoms with Gasteiger partial charge in [-0.05, 0) is 49.2 Å². The maximum atomic E-state index is 14.5. The molecule has 1 aliphatic rings. The molecule has 1 aliphatic heterocycles. The van der Waals surface area contributed by atoms with Crippen molar-refractivity contribution in [2.24, 2.45) is 0 Å². The molecule has 144 valence electrons. The van der Waals surface area contributed by atoms with Gasteiger partial charge in [-0.1, -0.05) is 22.4 Å². The predicted molar refractivity (Wildman–Crippen MR) is 105 cm³/mol. The van der Waals surface area contributed by atoms with Crippen LogP contribution in [0.5, 0.6) is 0 Å². The van der Waals surface area contributed by atoms with Crippen LogP contribution in [0.15, 0.2) is 40.9 Å². The molecule has 0 fully saturated rings. The Morgan fingerprint density at radius 1 is 1.04 bits per heavy atom. The third kappa shape index (κ3) is 3.69. The van der Waals surface area contributed by atoms with Crippen molar-refractivity contribution in [2.75, 3.05) is 5.32 Å². The quantitative estimate of drug-likeness (QED) is 0.617. The molecule has 2 aromatic carbocycles. The van der Waals surface area contributed by atoms with Gasteiger partial charge in [-0.2, -0.15) is 0 Å². The molecule has 0 spiro atoms. The zero-order valence-corrected chi connectivity index (χ0v) is 16.5. The number of hydrogen-bond acceptors (Lipinski definition) is 3. The van der Waals surface area contributed by atoms with Gasteiger partial charge in [0, 0.05) is 23.1 Å². The summed E-state index contributed by atoms with van der Waals surface area (Å²) in [6, 6.07) is 8.32. The predicted octanol–water partition coefficient (Wildman–Crippen LogP) is 4.96. The number of benzene rings is 2. The maximum absolute atomic E-state index is 14.5. The van der Waals surface area contributed by atoms with Crippen LogP contribution in [0.3, 0.4) is 0 Å². The summed E-state index contributed by atoms with van der Waals surface area (Å²) in [5.41, 5.74) is 0.511. The average molecular weight is 447 g/mol. The SMILES string of the molecule is O=C(Nc1ccc(F)c(-c2nnc3n2CCCCC3)c1)c1cc(Br)ccc1F. The topological polar surface area (TPSA) is 59.8 Å². The molecule has 1 amide bonds. The molecule has 0 saturated heterocycles. The molecule has 3 aromatic rings. The molecule has 0 saturated carbocycles. The largest absolute Gasteiger partial charge is 0.322 e. The summed E-state index contributed by atoms with van der Waals surface area (Å²) < 4.78 is 31.0. The van der Waals surface area contributed by atoms with Crippen molar-refractivity contribution < 1.29 is 13.6 Å². The number of rotatable bonds is 3. The van der Waals surface area contributed by atoms with Crippen LogP contribution in [0.25, 0.3) is 11.4 Å². The summed E-state index contributed by atoms with van der Waals surface area (Å²) in [6.07, 6.45) is 3.93. The first kappa shape index (κ1) is 18.7. The van der Waals surface area contributed by atoms with E-state index in [9.17, 15) is 13.6 Å². The number of amides is 1. The Kier molecular flexibility index (Phi) is 5.21. The van der Waals surface area contributed by atoms with Gasteiger partial charge >= 0.3 is 0 Å². The molecule has 4 rings (SSSR count). The first-order chi connectivity index (χ1) is 13.5. The van der Waals surface area contributed by atoms with Crippen LogP contribution in [-0.4, -0.2) is 20.7 Å². The van der Waals surface area contributed by atoms with Gasteiger partial charge in [-0.3, -0.25) is 4.79 Å². The highest BCUT2D eigenvalue weighted by Crippen LogP contribution is 2.28. The van der Waals surface area contributed by atoms with Crippen molar-refractivity contribution in [3.8, 4) is 11.4 Å². The number of hydrogen-bond donors (Lipinski definition) is 1. The average Bonchev–Trinajstić information content (AvgIpc) is 2.93. The highest BCUT2D eigenvalue weighted by Gasteiger charge is 2.20. The summed E-state index contributed by atoms with van der Waals surface area (Å²) in [4.78, 5) is 12.4. The van der Waals surface area contributed by atoms with E-state index < -0.39 is 17.5 Å². The van der Waals surface area contributed by atoms with Gasteiger partial charge in [-0.15, -0.1) is 10.2 Å². The molecule has 0 radical (unpaired) electrons. The van der Waals surface area contributed by atoms with Crippen LogP contribution < -0.4 is 5.32 Å². The molecule has 0 bridgehead atoms. The second kappa shape index (κ2) is 7.79. The van der Waals surface area contributed by atoms with Crippen molar-refractivity contribution in [3.05, 3.63) is 63.9 Å². The van der Waals surface area contributed by atoms with E-state index in [1.54, 1.807) is 0 Å². The van der Waals surface area contributed by atoms with Gasteiger partial charge in [0.05, 0.1) is 11.1 Å². The number of nitrogens with one attached hydrogen (secondary N) is 1. The highest BCUT2D eigenvalue weighted by molar-refractivity contribution is 9.10. The van der Waals surface area contributed by atoms with E-state index in [0.29, 0.717) is 16.0 Å². The zero-order chi connectivity index (χ0) is 19.7. The van der Waals surface area contributed by atoms with Gasteiger partial charge < -0.3 is 9.88 Å². The van der Waals surface area contributed by atoms with E-state index >= 15 is 0 Å². The van der Waals surface area contributed by atoms with Gasteiger partial charge in [-0.25, -0.2) is 8.78 Å². The van der Waals surface area contributed by atoms with Crippen LogP contribution in [0.2, 0.25) is 0 Å². The monoisotopic (exact) mass is 446 g/mol. The normalized spacial score (nSPS) is 13.7. The third-order valence-electron chi connectivity index (χ3n) is 4.75. The zero-order valence-electron chi connectivity index (χ0n) is 14.9. The highest BCUT2D eigenvalue weighted by atomic mass is 79.9. The van der Waals surface area contributed by atoms with E-state index in [2.05, 4.69) is 31.4 Å². The van der Waals surface area contributed by atoms with Crippen molar-refractivity contribution >= 4 is 27.5 Å². The second-order valence-corrected chi connectivity index (χ2v) is 7.59. The first-order valence-corrected chi connectivity index (χ1v) is 9.80. The molecule has 5 nitrogen and oxygen atoms in total. The van der Waals surface area contributed by atoms with Gasteiger partial charge in [0.1, 0.15) is 17.5 Å². The standard InChI is InChI=1S/C20H17BrF2N4O/c21-12-5-7-17(23)15(10-12)20(28)24-13-6-8-16(22)14(11-13)19-26-25-18-4-2-1-3-9-27(18)19/h5-8,10-11H,1-4,9H2,(H,24,28). The fourth-order valence-corrected chi connectivity index (χ4v) is 3.69. The lowest BCUT2D eigenvalue weighted by Crippen LogP contribution is -2.14. The molecule has 28 heavy (non-hydrogen) atoms. The van der Waals surface area contributed by atoms with E-state index in [-0.39, 0.29) is 11.1 Å². The van der Waals surface area contributed by atoms with Crippen LogP contribution in [0.4, 0.5) is 14.5 Å². The minimum absolute atomic E-state index is 0.100. The number of aromatic nitrogens is 3.